The monoisotopic (exact) mass is 425 g/mol. The van der Waals surface area contributed by atoms with Crippen LogP contribution in [-0.4, -0.2) is 0 Å². The fourth-order valence-corrected chi connectivity index (χ4v) is 2.83. The molecule has 0 fully saturated rings. The number of allylic oxidation sites excluding steroid dienone is 10. The molecular formula is C24H35Ru. The van der Waals surface area contributed by atoms with Crippen LogP contribution in [-0.2, 0) is 19.5 Å². The van der Waals surface area contributed by atoms with Gasteiger partial charge in [0, 0.05) is 0 Å². The molecule has 0 unspecified atom stereocenters. The summed E-state index contributed by atoms with van der Waals surface area (Å²) in [6.07, 6.45) is 26.8. The van der Waals surface area contributed by atoms with Crippen molar-refractivity contribution < 1.29 is 19.5 Å². The van der Waals surface area contributed by atoms with Crippen molar-refractivity contribution in [2.75, 3.05) is 0 Å². The average molecular weight is 425 g/mol. The normalized spacial score (nSPS) is 16.9. The Morgan fingerprint density at radius 2 is 1.44 bits per heavy atom. The minimum Gasteiger partial charge on any atom is -0.230 e. The van der Waals surface area contributed by atoms with Crippen LogP contribution < -0.4 is 0 Å². The van der Waals surface area contributed by atoms with Crippen LogP contribution in [0.3, 0.4) is 0 Å². The predicted octanol–water partition coefficient (Wildman–Crippen LogP) is 7.83. The first-order chi connectivity index (χ1) is 11.6. The van der Waals surface area contributed by atoms with E-state index in [0.717, 1.165) is 12.8 Å². The van der Waals surface area contributed by atoms with Crippen LogP contribution in [0.1, 0.15) is 71.6 Å². The van der Waals surface area contributed by atoms with Crippen molar-refractivity contribution in [3.8, 4) is 0 Å². The molecule has 0 atom stereocenters. The van der Waals surface area contributed by atoms with Crippen LogP contribution in [0.15, 0.2) is 71.9 Å². The van der Waals surface area contributed by atoms with Gasteiger partial charge in [-0.05, 0) is 64.4 Å². The van der Waals surface area contributed by atoms with E-state index in [1.165, 1.54) is 67.2 Å². The summed E-state index contributed by atoms with van der Waals surface area (Å²) in [5, 5.41) is 0. The Morgan fingerprint density at radius 1 is 0.880 bits per heavy atom. The predicted molar refractivity (Wildman–Crippen MR) is 110 cm³/mol. The molecule has 0 heterocycles. The maximum absolute atomic E-state index is 3.93. The largest absolute Gasteiger partial charge is 1.00 e. The van der Waals surface area contributed by atoms with Crippen LogP contribution in [0.4, 0.5) is 0 Å². The van der Waals surface area contributed by atoms with Crippen LogP contribution in [0.2, 0.25) is 0 Å². The van der Waals surface area contributed by atoms with Crippen molar-refractivity contribution in [3.05, 3.63) is 78.3 Å². The zero-order valence-electron chi connectivity index (χ0n) is 16.2. The standard InChI is InChI=1S/C12H18.C12H17.Ru/c2*1-11(2)10-12-8-6-4-3-5-7-9-12;/h6,8-9H,1,3-5,7,10H2,2H3;4,6,8-9H,1,3,5,7,10H2,2H3;/q;-1;+1. The molecule has 0 saturated carbocycles. The minimum atomic E-state index is 0. The molecule has 0 nitrogen and oxygen atoms in total. The van der Waals surface area contributed by atoms with Gasteiger partial charge in [-0.15, -0.1) is 12.0 Å². The van der Waals surface area contributed by atoms with E-state index < -0.39 is 0 Å². The molecule has 0 spiro atoms. The molecule has 0 aliphatic heterocycles. The van der Waals surface area contributed by atoms with Gasteiger partial charge in [0.1, 0.15) is 0 Å². The molecule has 1 heteroatoms. The molecule has 0 saturated heterocycles. The van der Waals surface area contributed by atoms with Crippen LogP contribution in [0, 0.1) is 6.42 Å². The molecule has 2 aliphatic rings. The average Bonchev–Trinajstić information content (AvgIpc) is 2.44. The molecule has 2 rings (SSSR count). The van der Waals surface area contributed by atoms with E-state index in [9.17, 15) is 0 Å². The van der Waals surface area contributed by atoms with E-state index in [1.807, 2.05) is 0 Å². The SMILES string of the molecule is C=C(C)CC1=CCCCCC=C1.C=C(C)CC1=CCCC[CH-]C=C1.[Ru+]. The summed E-state index contributed by atoms with van der Waals surface area (Å²) in [6, 6.07) is 0. The molecule has 139 valence electrons. The summed E-state index contributed by atoms with van der Waals surface area (Å²) in [5.74, 6) is 0. The second kappa shape index (κ2) is 15.2. The van der Waals surface area contributed by atoms with Crippen molar-refractivity contribution in [2.24, 2.45) is 0 Å². The summed E-state index contributed by atoms with van der Waals surface area (Å²) in [4.78, 5) is 0. The Labute approximate surface area is 169 Å². The van der Waals surface area contributed by atoms with Gasteiger partial charge in [-0.2, -0.15) is 0 Å². The van der Waals surface area contributed by atoms with Gasteiger partial charge in [-0.3, -0.25) is 0 Å². The summed E-state index contributed by atoms with van der Waals surface area (Å²) in [7, 11) is 0. The van der Waals surface area contributed by atoms with Crippen LogP contribution in [0.5, 0.6) is 0 Å². The third kappa shape index (κ3) is 13.9. The van der Waals surface area contributed by atoms with E-state index >= 15 is 0 Å². The van der Waals surface area contributed by atoms with Crippen molar-refractivity contribution in [1.82, 2.24) is 0 Å². The van der Waals surface area contributed by atoms with Gasteiger partial charge < -0.3 is 0 Å². The molecule has 2 aliphatic carbocycles. The molecule has 0 bridgehead atoms. The van der Waals surface area contributed by atoms with E-state index in [0.29, 0.717) is 0 Å². The van der Waals surface area contributed by atoms with E-state index in [4.69, 9.17) is 0 Å². The Hall–Kier alpha value is -1.07. The van der Waals surface area contributed by atoms with Gasteiger partial charge in [0.05, 0.1) is 0 Å². The third-order valence-corrected chi connectivity index (χ3v) is 4.00. The van der Waals surface area contributed by atoms with E-state index in [1.54, 1.807) is 0 Å². The number of hydrogen-bond acceptors (Lipinski definition) is 0. The Kier molecular flexibility index (Phi) is 14.6. The second-order valence-electron chi connectivity index (χ2n) is 7.04. The van der Waals surface area contributed by atoms with Gasteiger partial charge in [-0.25, -0.2) is 18.6 Å². The summed E-state index contributed by atoms with van der Waals surface area (Å²) in [6.45, 7) is 12.0. The number of rotatable bonds is 4. The molecule has 1 radical (unpaired) electrons. The molecule has 25 heavy (non-hydrogen) atoms. The summed E-state index contributed by atoms with van der Waals surface area (Å²) >= 11 is 0. The molecule has 0 aromatic carbocycles. The number of hydrogen-bond donors (Lipinski definition) is 0. The first kappa shape index (κ1) is 23.9. The maximum atomic E-state index is 3.93. The fourth-order valence-electron chi connectivity index (χ4n) is 2.83. The van der Waals surface area contributed by atoms with E-state index in [-0.39, 0.29) is 19.5 Å². The fraction of sp³-hybridized carbons (Fsp3) is 0.458. The molecule has 0 amide bonds. The maximum Gasteiger partial charge on any atom is 1.00 e. The van der Waals surface area contributed by atoms with Gasteiger partial charge in [0.15, 0.2) is 0 Å². The zero-order valence-corrected chi connectivity index (χ0v) is 17.9. The van der Waals surface area contributed by atoms with Crippen molar-refractivity contribution in [3.63, 3.8) is 0 Å². The van der Waals surface area contributed by atoms with Crippen molar-refractivity contribution in [1.29, 1.82) is 0 Å². The quantitative estimate of drug-likeness (QED) is 0.245. The molecule has 0 N–H and O–H groups in total. The summed E-state index contributed by atoms with van der Waals surface area (Å²) in [5.41, 5.74) is 5.36. The Balaban J connectivity index is 0.000000443. The van der Waals surface area contributed by atoms with Crippen molar-refractivity contribution >= 4 is 0 Å². The third-order valence-electron chi connectivity index (χ3n) is 4.00. The zero-order chi connectivity index (χ0) is 17.6. The topological polar surface area (TPSA) is 0 Å². The summed E-state index contributed by atoms with van der Waals surface area (Å²) < 4.78 is 0. The Bertz CT molecular complexity index is 466. The Morgan fingerprint density at radius 3 is 2.08 bits per heavy atom. The first-order valence-electron chi connectivity index (χ1n) is 9.41. The van der Waals surface area contributed by atoms with Crippen LogP contribution >= 0.6 is 0 Å². The second-order valence-corrected chi connectivity index (χ2v) is 7.04. The van der Waals surface area contributed by atoms with Gasteiger partial charge in [-0.1, -0.05) is 55.0 Å². The molecule has 0 aromatic heterocycles. The smallest absolute Gasteiger partial charge is 0.230 e. The van der Waals surface area contributed by atoms with Crippen LogP contribution in [0.25, 0.3) is 0 Å². The van der Waals surface area contributed by atoms with E-state index in [2.05, 4.69) is 69.9 Å². The minimum absolute atomic E-state index is 0. The van der Waals surface area contributed by atoms with Crippen molar-refractivity contribution in [2.45, 2.75) is 71.6 Å². The molecule has 0 aromatic rings. The first-order valence-corrected chi connectivity index (χ1v) is 9.41. The van der Waals surface area contributed by atoms with Gasteiger partial charge >= 0.3 is 19.5 Å². The van der Waals surface area contributed by atoms with Gasteiger partial charge in [0.25, 0.3) is 0 Å². The van der Waals surface area contributed by atoms with Gasteiger partial charge in [0.2, 0.25) is 0 Å². The molecular weight excluding hydrogens is 389 g/mol.